The molecule has 0 radical (unpaired) electrons. The maximum atomic E-state index is 14.9. The number of amides is 3. The van der Waals surface area contributed by atoms with Gasteiger partial charge < -0.3 is 25.4 Å². The monoisotopic (exact) mass is 547 g/mol. The molecule has 0 atom stereocenters. The summed E-state index contributed by atoms with van der Waals surface area (Å²) in [5.74, 6) is -1.13. The van der Waals surface area contributed by atoms with Crippen LogP contribution in [0, 0.1) is 11.6 Å². The second-order valence-electron chi connectivity index (χ2n) is 8.97. The van der Waals surface area contributed by atoms with Crippen molar-refractivity contribution in [2.75, 3.05) is 24.3 Å². The summed E-state index contributed by atoms with van der Waals surface area (Å²) in [6.07, 6.45) is 3.14. The van der Waals surface area contributed by atoms with E-state index in [-0.39, 0.29) is 35.6 Å². The Hall–Kier alpha value is -5.06. The molecule has 0 saturated carbocycles. The molecule has 11 heteroatoms. The molecule has 4 rings (SSSR count). The van der Waals surface area contributed by atoms with Crippen molar-refractivity contribution in [1.82, 2.24) is 15.3 Å². The van der Waals surface area contributed by atoms with Crippen LogP contribution >= 0.6 is 0 Å². The first-order valence-electron chi connectivity index (χ1n) is 12.3. The van der Waals surface area contributed by atoms with E-state index in [9.17, 15) is 18.4 Å². The molecular weight excluding hydrogens is 520 g/mol. The predicted octanol–water partition coefficient (Wildman–Crippen LogP) is 5.98. The maximum absolute atomic E-state index is 14.9. The Bertz CT molecular complexity index is 1590. The van der Waals surface area contributed by atoms with Crippen LogP contribution in [0.15, 0.2) is 72.6 Å². The summed E-state index contributed by atoms with van der Waals surface area (Å²) >= 11 is 0. The number of ether oxygens (including phenoxy) is 2. The third-order valence-electron chi connectivity index (χ3n) is 5.58. The van der Waals surface area contributed by atoms with Crippen molar-refractivity contribution >= 4 is 34.2 Å². The number of urea groups is 1. The number of anilines is 2. The molecule has 1 heterocycles. The summed E-state index contributed by atoms with van der Waals surface area (Å²) in [7, 11) is 1.46. The van der Waals surface area contributed by atoms with E-state index in [1.165, 1.54) is 43.8 Å². The minimum absolute atomic E-state index is 0.0556. The lowest BCUT2D eigenvalue weighted by molar-refractivity contribution is -0.112. The zero-order chi connectivity index (χ0) is 28.6. The zero-order valence-corrected chi connectivity index (χ0v) is 22.0. The fraction of sp³-hybridized carbons (Fsp3) is 0.172. The number of carbonyl (C=O) groups is 2. The van der Waals surface area contributed by atoms with Crippen molar-refractivity contribution in [1.29, 1.82) is 0 Å². The molecule has 0 unspecified atom stereocenters. The Morgan fingerprint density at radius 2 is 1.80 bits per heavy atom. The molecule has 9 nitrogen and oxygen atoms in total. The number of nitrogens with zero attached hydrogens (tertiary/aromatic N) is 2. The van der Waals surface area contributed by atoms with Gasteiger partial charge in [-0.3, -0.25) is 4.79 Å². The molecule has 3 amide bonds. The topological polar surface area (TPSA) is 114 Å². The van der Waals surface area contributed by atoms with E-state index < -0.39 is 11.8 Å². The molecule has 206 valence electrons. The first-order valence-corrected chi connectivity index (χ1v) is 12.3. The number of methoxy groups -OCH3 is 1. The number of halogens is 2. The summed E-state index contributed by atoms with van der Waals surface area (Å²) in [6, 6.07) is 12.7. The normalized spacial score (nSPS) is 10.5. The molecule has 3 aromatic carbocycles. The van der Waals surface area contributed by atoms with Crippen LogP contribution in [0.2, 0.25) is 0 Å². The molecule has 40 heavy (non-hydrogen) atoms. The van der Waals surface area contributed by atoms with Gasteiger partial charge in [0.1, 0.15) is 17.9 Å². The fourth-order valence-corrected chi connectivity index (χ4v) is 3.79. The molecule has 0 aliphatic carbocycles. The third-order valence-corrected chi connectivity index (χ3v) is 5.58. The standard InChI is InChI=1S/C29H27F2N5O4/c1-17(2)11-27(37)36-24-14-21-23(15-26(24)39-3)33-16-34-28(21)40-25-8-7-20(13-22(25)31)35-29(38)32-10-9-18-5-4-6-19(30)12-18/h4-8,11-16H,9-10H2,1-3H3,(H,36,37)(H2,32,35,38). The molecule has 0 saturated heterocycles. The van der Waals surface area contributed by atoms with Gasteiger partial charge in [0.05, 0.1) is 23.7 Å². The number of hydrogen-bond donors (Lipinski definition) is 3. The van der Waals surface area contributed by atoms with Gasteiger partial charge >= 0.3 is 6.03 Å². The van der Waals surface area contributed by atoms with Crippen LogP contribution in [0.3, 0.4) is 0 Å². The quantitative estimate of drug-likeness (QED) is 0.222. The second kappa shape index (κ2) is 12.7. The summed E-state index contributed by atoms with van der Waals surface area (Å²) < 4.78 is 39.3. The van der Waals surface area contributed by atoms with Gasteiger partial charge in [-0.05, 0) is 56.2 Å². The molecule has 0 aliphatic rings. The number of aromatic nitrogens is 2. The number of carbonyl (C=O) groups excluding carboxylic acids is 2. The van der Waals surface area contributed by atoms with Crippen molar-refractivity contribution < 1.29 is 27.8 Å². The van der Waals surface area contributed by atoms with Gasteiger partial charge in [-0.2, -0.15) is 0 Å². The highest BCUT2D eigenvalue weighted by atomic mass is 19.1. The lowest BCUT2D eigenvalue weighted by Gasteiger charge is -2.13. The number of rotatable bonds is 9. The van der Waals surface area contributed by atoms with Gasteiger partial charge in [0.2, 0.25) is 11.8 Å². The van der Waals surface area contributed by atoms with Gasteiger partial charge in [-0.1, -0.05) is 17.7 Å². The van der Waals surface area contributed by atoms with E-state index in [1.54, 1.807) is 38.1 Å². The number of allylic oxidation sites excluding steroid dienone is 1. The molecule has 0 fully saturated rings. The third kappa shape index (κ3) is 7.28. The van der Waals surface area contributed by atoms with E-state index in [4.69, 9.17) is 9.47 Å². The number of fused-ring (bicyclic) bond motifs is 1. The predicted molar refractivity (Wildman–Crippen MR) is 148 cm³/mol. The Labute approximate surface area is 229 Å². The van der Waals surface area contributed by atoms with Gasteiger partial charge in [-0.25, -0.2) is 23.5 Å². The molecule has 3 N–H and O–H groups in total. The van der Waals surface area contributed by atoms with Gasteiger partial charge in [-0.15, -0.1) is 0 Å². The van der Waals surface area contributed by atoms with Crippen LogP contribution in [0.1, 0.15) is 19.4 Å². The van der Waals surface area contributed by atoms with Crippen LogP contribution < -0.4 is 25.4 Å². The lowest BCUT2D eigenvalue weighted by atomic mass is 10.1. The molecule has 0 bridgehead atoms. The minimum Gasteiger partial charge on any atom is -0.494 e. The van der Waals surface area contributed by atoms with Crippen molar-refractivity contribution in [3.63, 3.8) is 0 Å². The Morgan fingerprint density at radius 1 is 0.975 bits per heavy atom. The van der Waals surface area contributed by atoms with Gasteiger partial charge in [0.25, 0.3) is 0 Å². The average molecular weight is 548 g/mol. The Balaban J connectivity index is 1.46. The van der Waals surface area contributed by atoms with Crippen LogP contribution in [0.4, 0.5) is 25.0 Å². The highest BCUT2D eigenvalue weighted by Crippen LogP contribution is 2.35. The van der Waals surface area contributed by atoms with Gasteiger partial charge in [0.15, 0.2) is 11.6 Å². The van der Waals surface area contributed by atoms with Crippen LogP contribution in [0.25, 0.3) is 10.9 Å². The van der Waals surface area contributed by atoms with Crippen molar-refractivity contribution in [3.05, 3.63) is 89.8 Å². The average Bonchev–Trinajstić information content (AvgIpc) is 2.89. The summed E-state index contributed by atoms with van der Waals surface area (Å²) in [4.78, 5) is 32.8. The first kappa shape index (κ1) is 28.0. The highest BCUT2D eigenvalue weighted by Gasteiger charge is 2.15. The SMILES string of the molecule is COc1cc2ncnc(Oc3ccc(NC(=O)NCCc4cccc(F)c4)cc3F)c2cc1NC(=O)C=C(C)C. The van der Waals surface area contributed by atoms with E-state index in [1.807, 2.05) is 0 Å². The van der Waals surface area contributed by atoms with Crippen molar-refractivity contribution in [2.24, 2.45) is 0 Å². The fourth-order valence-electron chi connectivity index (χ4n) is 3.79. The Kier molecular flexibility index (Phi) is 8.85. The zero-order valence-electron chi connectivity index (χ0n) is 22.0. The van der Waals surface area contributed by atoms with E-state index in [0.29, 0.717) is 28.8 Å². The second-order valence-corrected chi connectivity index (χ2v) is 8.97. The minimum atomic E-state index is -0.741. The van der Waals surface area contributed by atoms with E-state index in [0.717, 1.165) is 17.2 Å². The number of hydrogen-bond acceptors (Lipinski definition) is 6. The molecule has 1 aromatic heterocycles. The maximum Gasteiger partial charge on any atom is 0.319 e. The summed E-state index contributed by atoms with van der Waals surface area (Å²) in [6.45, 7) is 3.86. The van der Waals surface area contributed by atoms with Crippen molar-refractivity contribution in [2.45, 2.75) is 20.3 Å². The number of benzene rings is 3. The van der Waals surface area contributed by atoms with E-state index >= 15 is 0 Å². The highest BCUT2D eigenvalue weighted by molar-refractivity contribution is 6.03. The van der Waals surface area contributed by atoms with Crippen LogP contribution in [0.5, 0.6) is 17.4 Å². The Morgan fingerprint density at radius 3 is 2.52 bits per heavy atom. The largest absolute Gasteiger partial charge is 0.494 e. The van der Waals surface area contributed by atoms with Gasteiger partial charge in [0, 0.05) is 30.4 Å². The first-order chi connectivity index (χ1) is 19.2. The summed E-state index contributed by atoms with van der Waals surface area (Å²) in [5, 5.41) is 8.36. The van der Waals surface area contributed by atoms with Crippen LogP contribution in [-0.2, 0) is 11.2 Å². The lowest BCUT2D eigenvalue weighted by Crippen LogP contribution is -2.30. The van der Waals surface area contributed by atoms with E-state index in [2.05, 4.69) is 25.9 Å². The molecule has 0 spiro atoms. The summed E-state index contributed by atoms with van der Waals surface area (Å²) in [5.41, 5.74) is 2.58. The smallest absolute Gasteiger partial charge is 0.319 e. The molecular formula is C29H27F2N5O4. The van der Waals surface area contributed by atoms with Crippen molar-refractivity contribution in [3.8, 4) is 17.4 Å². The number of nitrogens with one attached hydrogen (secondary N) is 3. The molecule has 4 aromatic rings. The van der Waals surface area contributed by atoms with Crippen LogP contribution in [-0.4, -0.2) is 35.6 Å². The molecule has 0 aliphatic heterocycles.